The van der Waals surface area contributed by atoms with Crippen LogP contribution in [0.2, 0.25) is 0 Å². The van der Waals surface area contributed by atoms with E-state index < -0.39 is 5.60 Å². The van der Waals surface area contributed by atoms with E-state index in [-0.39, 0.29) is 24.2 Å². The van der Waals surface area contributed by atoms with Crippen molar-refractivity contribution in [2.75, 3.05) is 13.2 Å². The number of benzene rings is 1. The largest absolute Gasteiger partial charge is 0.488 e. The van der Waals surface area contributed by atoms with E-state index in [1.165, 1.54) is 6.07 Å². The molecule has 0 fully saturated rings. The van der Waals surface area contributed by atoms with E-state index in [0.717, 1.165) is 18.5 Å². The Morgan fingerprint density at radius 3 is 2.65 bits per heavy atom. The molecule has 4 heteroatoms. The third-order valence-corrected chi connectivity index (χ3v) is 3.46. The number of ether oxygens (including phenoxy) is 1. The monoisotopic (exact) mass is 283 g/mol. The molecule has 2 atom stereocenters. The van der Waals surface area contributed by atoms with Crippen LogP contribution in [0.1, 0.15) is 52.1 Å². The molecule has 0 saturated carbocycles. The Kier molecular flexibility index (Phi) is 6.43. The maximum atomic E-state index is 14.0. The number of hydrogen-bond acceptors (Lipinski definition) is 3. The molecule has 2 unspecified atom stereocenters. The van der Waals surface area contributed by atoms with Crippen molar-refractivity contribution in [1.29, 1.82) is 0 Å². The summed E-state index contributed by atoms with van der Waals surface area (Å²) in [6, 6.07) is 5.08. The Morgan fingerprint density at radius 2 is 2.10 bits per heavy atom. The molecule has 0 aliphatic carbocycles. The van der Waals surface area contributed by atoms with E-state index in [1.54, 1.807) is 13.0 Å². The fourth-order valence-electron chi connectivity index (χ4n) is 1.72. The minimum Gasteiger partial charge on any atom is -0.488 e. The predicted molar refractivity (Wildman–Crippen MR) is 79.5 cm³/mol. The smallest absolute Gasteiger partial charge is 0.165 e. The van der Waals surface area contributed by atoms with Crippen LogP contribution in [0.5, 0.6) is 5.75 Å². The highest BCUT2D eigenvalue weighted by molar-refractivity contribution is 5.31. The number of aliphatic hydroxyl groups is 1. The van der Waals surface area contributed by atoms with E-state index in [2.05, 4.69) is 12.2 Å². The summed E-state index contributed by atoms with van der Waals surface area (Å²) in [6.07, 6.45) is 1.60. The summed E-state index contributed by atoms with van der Waals surface area (Å²) in [6.45, 7) is 8.63. The molecular weight excluding hydrogens is 257 g/mol. The second-order valence-corrected chi connectivity index (χ2v) is 5.50. The molecule has 0 aliphatic heterocycles. The number of halogens is 1. The fourth-order valence-corrected chi connectivity index (χ4v) is 1.72. The van der Waals surface area contributed by atoms with Crippen LogP contribution in [0, 0.1) is 5.82 Å². The van der Waals surface area contributed by atoms with Gasteiger partial charge in [-0.2, -0.15) is 0 Å². The normalized spacial score (nSPS) is 15.7. The summed E-state index contributed by atoms with van der Waals surface area (Å²) in [5.41, 5.74) is -0.0355. The third-order valence-electron chi connectivity index (χ3n) is 3.46. The van der Waals surface area contributed by atoms with Crippen molar-refractivity contribution in [2.24, 2.45) is 0 Å². The first-order chi connectivity index (χ1) is 9.39. The Labute approximate surface area is 121 Å². The highest BCUT2D eigenvalue weighted by atomic mass is 19.1. The molecule has 0 bridgehead atoms. The van der Waals surface area contributed by atoms with Crippen LogP contribution in [-0.4, -0.2) is 23.9 Å². The lowest BCUT2D eigenvalue weighted by atomic mass is 10.1. The zero-order valence-electron chi connectivity index (χ0n) is 12.9. The van der Waals surface area contributed by atoms with Crippen molar-refractivity contribution in [3.05, 3.63) is 29.6 Å². The topological polar surface area (TPSA) is 41.5 Å². The number of rotatable bonds is 8. The molecule has 0 radical (unpaired) electrons. The maximum absolute atomic E-state index is 14.0. The van der Waals surface area contributed by atoms with Crippen LogP contribution >= 0.6 is 0 Å². The van der Waals surface area contributed by atoms with Gasteiger partial charge in [-0.1, -0.05) is 19.9 Å². The van der Waals surface area contributed by atoms with Gasteiger partial charge in [-0.3, -0.25) is 0 Å². The summed E-state index contributed by atoms with van der Waals surface area (Å²) in [4.78, 5) is 0. The van der Waals surface area contributed by atoms with Crippen molar-refractivity contribution in [3.63, 3.8) is 0 Å². The zero-order valence-corrected chi connectivity index (χ0v) is 12.9. The molecule has 0 aliphatic rings. The lowest BCUT2D eigenvalue weighted by molar-refractivity contribution is 0.00733. The third kappa shape index (κ3) is 5.10. The highest BCUT2D eigenvalue weighted by Crippen LogP contribution is 2.23. The van der Waals surface area contributed by atoms with Gasteiger partial charge in [0.15, 0.2) is 11.6 Å². The van der Waals surface area contributed by atoms with E-state index in [0.29, 0.717) is 6.42 Å². The Balaban J connectivity index is 2.68. The zero-order chi connectivity index (χ0) is 15.2. The van der Waals surface area contributed by atoms with Crippen molar-refractivity contribution in [2.45, 2.75) is 52.2 Å². The first-order valence-corrected chi connectivity index (χ1v) is 7.27. The van der Waals surface area contributed by atoms with Gasteiger partial charge >= 0.3 is 0 Å². The summed E-state index contributed by atoms with van der Waals surface area (Å²) < 4.78 is 19.3. The Bertz CT molecular complexity index is 421. The maximum Gasteiger partial charge on any atom is 0.165 e. The molecule has 0 spiro atoms. The van der Waals surface area contributed by atoms with Gasteiger partial charge in [0.25, 0.3) is 0 Å². The van der Waals surface area contributed by atoms with Gasteiger partial charge in [-0.25, -0.2) is 4.39 Å². The molecule has 0 heterocycles. The second-order valence-electron chi connectivity index (χ2n) is 5.50. The summed E-state index contributed by atoms with van der Waals surface area (Å²) in [7, 11) is 0. The van der Waals surface area contributed by atoms with Gasteiger partial charge in [-0.15, -0.1) is 0 Å². The molecule has 2 N–H and O–H groups in total. The molecular formula is C16H26FNO2. The molecule has 0 saturated heterocycles. The summed E-state index contributed by atoms with van der Waals surface area (Å²) in [5, 5.41) is 13.2. The van der Waals surface area contributed by atoms with Crippen LogP contribution < -0.4 is 10.1 Å². The number of hydrogen-bond donors (Lipinski definition) is 2. The van der Waals surface area contributed by atoms with E-state index in [9.17, 15) is 9.50 Å². The molecule has 1 rings (SSSR count). The molecule has 114 valence electrons. The van der Waals surface area contributed by atoms with Gasteiger partial charge in [0.05, 0.1) is 5.60 Å². The van der Waals surface area contributed by atoms with Crippen molar-refractivity contribution in [3.8, 4) is 5.75 Å². The van der Waals surface area contributed by atoms with E-state index in [4.69, 9.17) is 4.74 Å². The van der Waals surface area contributed by atoms with Gasteiger partial charge in [-0.05, 0) is 50.9 Å². The second kappa shape index (κ2) is 7.60. The van der Waals surface area contributed by atoms with Crippen LogP contribution in [0.4, 0.5) is 4.39 Å². The van der Waals surface area contributed by atoms with Gasteiger partial charge < -0.3 is 15.2 Å². The van der Waals surface area contributed by atoms with Crippen LogP contribution in [0.15, 0.2) is 18.2 Å². The molecule has 0 amide bonds. The average Bonchev–Trinajstić information content (AvgIpc) is 2.43. The molecule has 1 aromatic rings. The minimum absolute atomic E-state index is 0.0867. The van der Waals surface area contributed by atoms with E-state index in [1.807, 2.05) is 19.9 Å². The van der Waals surface area contributed by atoms with Crippen LogP contribution in [0.3, 0.4) is 0 Å². The quantitative estimate of drug-likeness (QED) is 0.768. The minimum atomic E-state index is -0.929. The van der Waals surface area contributed by atoms with Crippen molar-refractivity contribution >= 4 is 0 Å². The first kappa shape index (κ1) is 16.9. The lowest BCUT2D eigenvalue weighted by Crippen LogP contribution is -2.31. The predicted octanol–water partition coefficient (Wildman–Crippen LogP) is 3.43. The lowest BCUT2D eigenvalue weighted by Gasteiger charge is -2.22. The molecule has 3 nitrogen and oxygen atoms in total. The SMILES string of the molecule is CCCNC(C)c1ccc(OCC(C)(O)CC)c(F)c1. The van der Waals surface area contributed by atoms with Crippen molar-refractivity contribution in [1.82, 2.24) is 5.32 Å². The Hall–Kier alpha value is -1.13. The summed E-state index contributed by atoms with van der Waals surface area (Å²) >= 11 is 0. The van der Waals surface area contributed by atoms with Gasteiger partial charge in [0.1, 0.15) is 6.61 Å². The van der Waals surface area contributed by atoms with Crippen LogP contribution in [0.25, 0.3) is 0 Å². The van der Waals surface area contributed by atoms with E-state index >= 15 is 0 Å². The first-order valence-electron chi connectivity index (χ1n) is 7.27. The van der Waals surface area contributed by atoms with Crippen molar-refractivity contribution < 1.29 is 14.2 Å². The number of nitrogens with one attached hydrogen (secondary N) is 1. The molecule has 0 aromatic heterocycles. The fraction of sp³-hybridized carbons (Fsp3) is 0.625. The highest BCUT2D eigenvalue weighted by Gasteiger charge is 2.19. The Morgan fingerprint density at radius 1 is 1.40 bits per heavy atom. The van der Waals surface area contributed by atoms with Gasteiger partial charge in [0.2, 0.25) is 0 Å². The summed E-state index contributed by atoms with van der Waals surface area (Å²) in [5.74, 6) is -0.204. The average molecular weight is 283 g/mol. The molecule has 20 heavy (non-hydrogen) atoms. The van der Waals surface area contributed by atoms with Gasteiger partial charge in [0, 0.05) is 6.04 Å². The van der Waals surface area contributed by atoms with Crippen LogP contribution in [-0.2, 0) is 0 Å². The molecule has 1 aromatic carbocycles. The standard InChI is InChI=1S/C16H26FNO2/c1-5-9-18-12(3)13-7-8-15(14(17)10-13)20-11-16(4,19)6-2/h7-8,10,12,18-19H,5-6,9,11H2,1-4H3.